The molecule has 4 aromatic heterocycles. The van der Waals surface area contributed by atoms with Crippen molar-refractivity contribution in [3.63, 3.8) is 0 Å². The molecule has 7 nitrogen and oxygen atoms in total. The third kappa shape index (κ3) is 3.20. The molecule has 0 aliphatic carbocycles. The van der Waals surface area contributed by atoms with Gasteiger partial charge >= 0.3 is 0 Å². The first kappa shape index (κ1) is 17.4. The van der Waals surface area contributed by atoms with Crippen molar-refractivity contribution in [3.8, 4) is 22.4 Å². The molecule has 29 heavy (non-hydrogen) atoms. The number of aryl methyl sites for hydroxylation is 1. The molecule has 0 bridgehead atoms. The average Bonchev–Trinajstić information content (AvgIpc) is 3.47. The lowest BCUT2D eigenvalue weighted by molar-refractivity contribution is 0.489. The van der Waals surface area contributed by atoms with E-state index in [4.69, 9.17) is 4.98 Å². The first-order chi connectivity index (χ1) is 14.2. The number of aromatic nitrogens is 7. The Balaban J connectivity index is 1.47. The Bertz CT molecular complexity index is 1260. The summed E-state index contributed by atoms with van der Waals surface area (Å²) in [4.78, 5) is 12.6. The third-order valence-electron chi connectivity index (χ3n) is 5.23. The highest BCUT2D eigenvalue weighted by molar-refractivity contribution is 5.91. The minimum absolute atomic E-state index is 0.256. The number of hydrogen-bond donors (Lipinski definition) is 2. The third-order valence-corrected chi connectivity index (χ3v) is 5.23. The smallest absolute Gasteiger partial charge is 0.156 e. The molecule has 0 fully saturated rings. The molecular formula is C22H21N7. The largest absolute Gasteiger partial charge is 0.344 e. The van der Waals surface area contributed by atoms with E-state index in [0.29, 0.717) is 0 Å². The van der Waals surface area contributed by atoms with Gasteiger partial charge in [0.05, 0.1) is 29.8 Å². The Labute approximate surface area is 167 Å². The standard InChI is InChI=1S/C22H21N7/c1-14(8-16-6-4-3-5-7-16)29-13-17(9-26-29)19-10-23-22-21(19)27-20(12-24-22)18-11-25-28-15(18)2/h3-7,9-14H,8H2,1-2H3,(H,23,24)(H,25,28). The summed E-state index contributed by atoms with van der Waals surface area (Å²) >= 11 is 0. The quantitative estimate of drug-likeness (QED) is 0.473. The van der Waals surface area contributed by atoms with Crippen molar-refractivity contribution in [1.29, 1.82) is 0 Å². The molecule has 7 heteroatoms. The highest BCUT2D eigenvalue weighted by Gasteiger charge is 2.15. The van der Waals surface area contributed by atoms with Gasteiger partial charge in [-0.2, -0.15) is 10.2 Å². The fourth-order valence-corrected chi connectivity index (χ4v) is 3.63. The van der Waals surface area contributed by atoms with Crippen LogP contribution in [0.4, 0.5) is 0 Å². The van der Waals surface area contributed by atoms with Gasteiger partial charge in [0.25, 0.3) is 0 Å². The molecular weight excluding hydrogens is 362 g/mol. The molecule has 1 unspecified atom stereocenters. The van der Waals surface area contributed by atoms with E-state index in [0.717, 1.165) is 45.7 Å². The topological polar surface area (TPSA) is 88.1 Å². The lowest BCUT2D eigenvalue weighted by atomic mass is 10.1. The summed E-state index contributed by atoms with van der Waals surface area (Å²) < 4.78 is 2.01. The van der Waals surface area contributed by atoms with Crippen LogP contribution in [0, 0.1) is 6.92 Å². The molecule has 0 radical (unpaired) electrons. The van der Waals surface area contributed by atoms with Gasteiger partial charge in [-0.15, -0.1) is 0 Å². The lowest BCUT2D eigenvalue weighted by Crippen LogP contribution is -2.08. The van der Waals surface area contributed by atoms with E-state index in [1.54, 1.807) is 6.20 Å². The van der Waals surface area contributed by atoms with Gasteiger partial charge < -0.3 is 4.98 Å². The van der Waals surface area contributed by atoms with Crippen molar-refractivity contribution < 1.29 is 0 Å². The number of fused-ring (bicyclic) bond motifs is 1. The number of benzene rings is 1. The van der Waals surface area contributed by atoms with Crippen molar-refractivity contribution >= 4 is 11.2 Å². The monoisotopic (exact) mass is 383 g/mol. The second kappa shape index (κ2) is 7.01. The van der Waals surface area contributed by atoms with Crippen molar-refractivity contribution in [3.05, 3.63) is 72.6 Å². The molecule has 0 aliphatic rings. The van der Waals surface area contributed by atoms with Gasteiger partial charge in [0.1, 0.15) is 5.52 Å². The van der Waals surface area contributed by atoms with Crippen LogP contribution in [0.15, 0.2) is 61.3 Å². The molecule has 1 atom stereocenters. The van der Waals surface area contributed by atoms with Crippen LogP contribution in [0.3, 0.4) is 0 Å². The summed E-state index contributed by atoms with van der Waals surface area (Å²) in [6.45, 7) is 4.13. The van der Waals surface area contributed by atoms with Crippen LogP contribution in [0.25, 0.3) is 33.5 Å². The zero-order valence-corrected chi connectivity index (χ0v) is 16.3. The fourth-order valence-electron chi connectivity index (χ4n) is 3.63. The van der Waals surface area contributed by atoms with Gasteiger partial charge in [-0.05, 0) is 25.8 Å². The maximum atomic E-state index is 4.85. The van der Waals surface area contributed by atoms with Gasteiger partial charge in [-0.1, -0.05) is 30.3 Å². The summed E-state index contributed by atoms with van der Waals surface area (Å²) in [6, 6.07) is 10.7. The number of nitrogens with zero attached hydrogens (tertiary/aromatic N) is 5. The predicted molar refractivity (Wildman–Crippen MR) is 112 cm³/mol. The molecule has 4 heterocycles. The lowest BCUT2D eigenvalue weighted by Gasteiger charge is -2.11. The predicted octanol–water partition coefficient (Wildman–Crippen LogP) is 4.32. The molecule has 5 aromatic rings. The van der Waals surface area contributed by atoms with E-state index in [1.165, 1.54) is 5.56 Å². The molecule has 144 valence electrons. The maximum absolute atomic E-state index is 4.85. The van der Waals surface area contributed by atoms with Crippen LogP contribution >= 0.6 is 0 Å². The Hall–Kier alpha value is -3.74. The van der Waals surface area contributed by atoms with E-state index in [1.807, 2.05) is 36.3 Å². The van der Waals surface area contributed by atoms with Crippen LogP contribution in [0.1, 0.15) is 24.2 Å². The Morgan fingerprint density at radius 2 is 1.93 bits per heavy atom. The number of hydrogen-bond acceptors (Lipinski definition) is 4. The summed E-state index contributed by atoms with van der Waals surface area (Å²) in [5.74, 6) is 0. The highest BCUT2D eigenvalue weighted by Crippen LogP contribution is 2.29. The van der Waals surface area contributed by atoms with Crippen molar-refractivity contribution in [1.82, 2.24) is 34.9 Å². The second-order valence-corrected chi connectivity index (χ2v) is 7.29. The Kier molecular flexibility index (Phi) is 4.20. The van der Waals surface area contributed by atoms with Gasteiger partial charge in [0, 0.05) is 35.3 Å². The van der Waals surface area contributed by atoms with Crippen LogP contribution in [0.5, 0.6) is 0 Å². The highest BCUT2D eigenvalue weighted by atomic mass is 15.3. The summed E-state index contributed by atoms with van der Waals surface area (Å²) in [5, 5.41) is 11.7. The van der Waals surface area contributed by atoms with Gasteiger partial charge in [0.2, 0.25) is 0 Å². The van der Waals surface area contributed by atoms with Gasteiger partial charge in [-0.3, -0.25) is 9.78 Å². The van der Waals surface area contributed by atoms with Crippen LogP contribution in [-0.2, 0) is 6.42 Å². The minimum Gasteiger partial charge on any atom is -0.344 e. The normalized spacial score (nSPS) is 12.5. The molecule has 5 rings (SSSR count). The van der Waals surface area contributed by atoms with Crippen LogP contribution in [-0.4, -0.2) is 34.9 Å². The SMILES string of the molecule is Cc1n[nH]cc1-c1cnc2[nH]cc(-c3cnn(C(C)Cc4ccccc4)c3)c2n1. The number of aromatic amines is 2. The van der Waals surface area contributed by atoms with Crippen molar-refractivity contribution in [2.75, 3.05) is 0 Å². The number of nitrogens with one attached hydrogen (secondary N) is 2. The molecule has 0 spiro atoms. The van der Waals surface area contributed by atoms with Gasteiger partial charge in [0.15, 0.2) is 5.65 Å². The fraction of sp³-hybridized carbons (Fsp3) is 0.182. The molecule has 0 saturated carbocycles. The summed E-state index contributed by atoms with van der Waals surface area (Å²) in [7, 11) is 0. The summed E-state index contributed by atoms with van der Waals surface area (Å²) in [5.41, 5.74) is 7.56. The molecule has 0 aliphatic heterocycles. The zero-order chi connectivity index (χ0) is 19.8. The van der Waals surface area contributed by atoms with Crippen LogP contribution in [0.2, 0.25) is 0 Å². The summed E-state index contributed by atoms with van der Waals surface area (Å²) in [6.07, 6.45) is 10.5. The minimum atomic E-state index is 0.256. The number of rotatable bonds is 5. The average molecular weight is 383 g/mol. The van der Waals surface area contributed by atoms with E-state index in [-0.39, 0.29) is 6.04 Å². The van der Waals surface area contributed by atoms with E-state index in [9.17, 15) is 0 Å². The van der Waals surface area contributed by atoms with E-state index >= 15 is 0 Å². The molecule has 0 amide bonds. The second-order valence-electron chi connectivity index (χ2n) is 7.29. The molecule has 0 saturated heterocycles. The van der Waals surface area contributed by atoms with E-state index in [2.05, 4.69) is 62.7 Å². The zero-order valence-electron chi connectivity index (χ0n) is 16.3. The number of H-pyrrole nitrogens is 2. The Morgan fingerprint density at radius 3 is 2.72 bits per heavy atom. The van der Waals surface area contributed by atoms with E-state index < -0.39 is 0 Å². The maximum Gasteiger partial charge on any atom is 0.156 e. The van der Waals surface area contributed by atoms with Gasteiger partial charge in [-0.25, -0.2) is 9.97 Å². The molecule has 1 aromatic carbocycles. The molecule has 2 N–H and O–H groups in total. The van der Waals surface area contributed by atoms with Crippen molar-refractivity contribution in [2.24, 2.45) is 0 Å². The van der Waals surface area contributed by atoms with Crippen LogP contribution < -0.4 is 0 Å². The Morgan fingerprint density at radius 1 is 1.07 bits per heavy atom. The first-order valence-electron chi connectivity index (χ1n) is 9.62. The first-order valence-corrected chi connectivity index (χ1v) is 9.62. The van der Waals surface area contributed by atoms with Crippen molar-refractivity contribution in [2.45, 2.75) is 26.3 Å².